The molecule has 0 unspecified atom stereocenters. The van der Waals surface area contributed by atoms with Gasteiger partial charge in [-0.25, -0.2) is 9.97 Å². The molecule has 7 heteroatoms. The molecule has 0 aliphatic carbocycles. The molecule has 30 heavy (non-hydrogen) atoms. The molecule has 5 nitrogen and oxygen atoms in total. The third-order valence-electron chi connectivity index (χ3n) is 5.08. The van der Waals surface area contributed by atoms with Gasteiger partial charge >= 0.3 is 0 Å². The Morgan fingerprint density at radius 3 is 2.70 bits per heavy atom. The maximum Gasteiger partial charge on any atom is 0.227 e. The van der Waals surface area contributed by atoms with Crippen molar-refractivity contribution in [1.29, 1.82) is 0 Å². The van der Waals surface area contributed by atoms with Gasteiger partial charge in [-0.3, -0.25) is 4.90 Å². The van der Waals surface area contributed by atoms with Crippen LogP contribution in [-0.2, 0) is 0 Å². The first kappa shape index (κ1) is 20.9. The van der Waals surface area contributed by atoms with Crippen LogP contribution in [-0.4, -0.2) is 41.1 Å². The molecular weight excluding hydrogens is 419 g/mol. The summed E-state index contributed by atoms with van der Waals surface area (Å²) >= 11 is 12.3. The van der Waals surface area contributed by atoms with E-state index in [-0.39, 0.29) is 0 Å². The summed E-state index contributed by atoms with van der Waals surface area (Å²) in [6.45, 7) is 4.00. The minimum absolute atomic E-state index is 0.490. The summed E-state index contributed by atoms with van der Waals surface area (Å²) in [5, 5.41) is 4.39. The molecule has 2 aromatic carbocycles. The lowest BCUT2D eigenvalue weighted by Gasteiger charge is -2.26. The molecule has 0 saturated carbocycles. The van der Waals surface area contributed by atoms with Crippen molar-refractivity contribution >= 4 is 34.8 Å². The third-order valence-corrected chi connectivity index (χ3v) is 5.63. The maximum absolute atomic E-state index is 6.32. The zero-order valence-electron chi connectivity index (χ0n) is 16.7. The van der Waals surface area contributed by atoms with Gasteiger partial charge in [-0.2, -0.15) is 0 Å². The number of aromatic nitrogens is 2. The Kier molecular flexibility index (Phi) is 7.05. The topological polar surface area (TPSA) is 50.3 Å². The van der Waals surface area contributed by atoms with Crippen LogP contribution in [0.15, 0.2) is 54.7 Å². The SMILES string of the molecule is Clc1ccc(-c2ccnc(Nc3cccc(OCCN4CCCCC4)c3)n2)c(Cl)c1. The molecule has 1 N–H and O–H groups in total. The quantitative estimate of drug-likeness (QED) is 0.481. The molecule has 0 bridgehead atoms. The first-order valence-corrected chi connectivity index (χ1v) is 10.9. The van der Waals surface area contributed by atoms with E-state index in [0.717, 1.165) is 29.2 Å². The van der Waals surface area contributed by atoms with E-state index in [1.807, 2.05) is 36.4 Å². The molecule has 1 saturated heterocycles. The van der Waals surface area contributed by atoms with Crippen LogP contribution in [0.5, 0.6) is 5.75 Å². The number of piperidine rings is 1. The van der Waals surface area contributed by atoms with Gasteiger partial charge in [0.05, 0.1) is 10.7 Å². The number of ether oxygens (including phenoxy) is 1. The zero-order chi connectivity index (χ0) is 20.8. The fourth-order valence-electron chi connectivity index (χ4n) is 3.53. The van der Waals surface area contributed by atoms with Crippen molar-refractivity contribution in [3.63, 3.8) is 0 Å². The summed E-state index contributed by atoms with van der Waals surface area (Å²) in [6.07, 6.45) is 5.63. The molecule has 0 amide bonds. The fraction of sp³-hybridized carbons (Fsp3) is 0.304. The van der Waals surface area contributed by atoms with Gasteiger partial charge in [0, 0.05) is 35.1 Å². The summed E-state index contributed by atoms with van der Waals surface area (Å²) < 4.78 is 5.95. The number of benzene rings is 2. The van der Waals surface area contributed by atoms with Gasteiger partial charge in [-0.15, -0.1) is 0 Å². The first-order chi connectivity index (χ1) is 14.7. The maximum atomic E-state index is 6.32. The van der Waals surface area contributed by atoms with Crippen LogP contribution < -0.4 is 10.1 Å². The van der Waals surface area contributed by atoms with E-state index in [1.165, 1.54) is 32.4 Å². The highest BCUT2D eigenvalue weighted by Gasteiger charge is 2.10. The number of nitrogens with zero attached hydrogens (tertiary/aromatic N) is 3. The van der Waals surface area contributed by atoms with E-state index in [9.17, 15) is 0 Å². The van der Waals surface area contributed by atoms with Crippen LogP contribution >= 0.6 is 23.2 Å². The van der Waals surface area contributed by atoms with Gasteiger partial charge in [0.25, 0.3) is 0 Å². The standard InChI is InChI=1S/C23H24Cl2N4O/c24-17-7-8-20(21(25)15-17)22-9-10-26-23(28-22)27-18-5-4-6-19(16-18)30-14-13-29-11-2-1-3-12-29/h4-10,15-16H,1-3,11-14H2,(H,26,27,28). The minimum atomic E-state index is 0.490. The molecule has 0 spiro atoms. The van der Waals surface area contributed by atoms with E-state index < -0.39 is 0 Å². The normalized spacial score (nSPS) is 14.5. The molecule has 2 heterocycles. The summed E-state index contributed by atoms with van der Waals surface area (Å²) in [5.41, 5.74) is 2.40. The average molecular weight is 443 g/mol. The highest BCUT2D eigenvalue weighted by Crippen LogP contribution is 2.30. The van der Waals surface area contributed by atoms with Crippen molar-refractivity contribution in [2.45, 2.75) is 19.3 Å². The Hall–Kier alpha value is -2.34. The molecule has 0 atom stereocenters. The van der Waals surface area contributed by atoms with Crippen LogP contribution in [0.1, 0.15) is 19.3 Å². The number of hydrogen-bond donors (Lipinski definition) is 1. The van der Waals surface area contributed by atoms with Crippen molar-refractivity contribution in [3.05, 3.63) is 64.8 Å². The summed E-state index contributed by atoms with van der Waals surface area (Å²) in [5.74, 6) is 1.32. The Bertz CT molecular complexity index is 992. The molecule has 1 aromatic heterocycles. The van der Waals surface area contributed by atoms with Crippen LogP contribution in [0.2, 0.25) is 10.0 Å². The second-order valence-electron chi connectivity index (χ2n) is 7.29. The van der Waals surface area contributed by atoms with Crippen LogP contribution in [0.4, 0.5) is 11.6 Å². The number of likely N-dealkylation sites (tertiary alicyclic amines) is 1. The molecule has 4 rings (SSSR count). The third kappa shape index (κ3) is 5.63. The highest BCUT2D eigenvalue weighted by atomic mass is 35.5. The Labute approximate surface area is 187 Å². The highest BCUT2D eigenvalue weighted by molar-refractivity contribution is 6.36. The number of nitrogens with one attached hydrogen (secondary N) is 1. The first-order valence-electron chi connectivity index (χ1n) is 10.2. The van der Waals surface area contributed by atoms with Crippen molar-refractivity contribution in [1.82, 2.24) is 14.9 Å². The largest absolute Gasteiger partial charge is 0.492 e. The lowest BCUT2D eigenvalue weighted by molar-refractivity contribution is 0.183. The second kappa shape index (κ2) is 10.1. The molecule has 3 aromatic rings. The van der Waals surface area contributed by atoms with Gasteiger partial charge in [0.1, 0.15) is 12.4 Å². The lowest BCUT2D eigenvalue weighted by atomic mass is 10.1. The number of hydrogen-bond acceptors (Lipinski definition) is 5. The lowest BCUT2D eigenvalue weighted by Crippen LogP contribution is -2.33. The number of halogens is 2. The smallest absolute Gasteiger partial charge is 0.227 e. The van der Waals surface area contributed by atoms with Crippen molar-refractivity contribution < 1.29 is 4.74 Å². The molecule has 0 radical (unpaired) electrons. The number of rotatable bonds is 7. The van der Waals surface area contributed by atoms with E-state index in [1.54, 1.807) is 18.3 Å². The summed E-state index contributed by atoms with van der Waals surface area (Å²) in [4.78, 5) is 11.4. The monoisotopic (exact) mass is 442 g/mol. The molecule has 1 aliphatic heterocycles. The van der Waals surface area contributed by atoms with Crippen LogP contribution in [0, 0.1) is 0 Å². The van der Waals surface area contributed by atoms with Gasteiger partial charge in [-0.1, -0.05) is 35.7 Å². The van der Waals surface area contributed by atoms with Gasteiger partial charge < -0.3 is 10.1 Å². The Morgan fingerprint density at radius 2 is 1.87 bits per heavy atom. The molecule has 156 valence electrons. The Morgan fingerprint density at radius 1 is 1.00 bits per heavy atom. The van der Waals surface area contributed by atoms with E-state index in [0.29, 0.717) is 22.6 Å². The summed E-state index contributed by atoms with van der Waals surface area (Å²) in [6, 6.07) is 15.0. The van der Waals surface area contributed by atoms with Gasteiger partial charge in [0.2, 0.25) is 5.95 Å². The van der Waals surface area contributed by atoms with E-state index in [2.05, 4.69) is 20.2 Å². The van der Waals surface area contributed by atoms with Crippen LogP contribution in [0.25, 0.3) is 11.3 Å². The second-order valence-corrected chi connectivity index (χ2v) is 8.14. The van der Waals surface area contributed by atoms with Crippen molar-refractivity contribution in [3.8, 4) is 17.0 Å². The van der Waals surface area contributed by atoms with E-state index in [4.69, 9.17) is 27.9 Å². The average Bonchev–Trinajstić information content (AvgIpc) is 2.75. The molecule has 1 fully saturated rings. The Balaban J connectivity index is 1.40. The van der Waals surface area contributed by atoms with Crippen LogP contribution in [0.3, 0.4) is 0 Å². The van der Waals surface area contributed by atoms with Crippen molar-refractivity contribution in [2.24, 2.45) is 0 Å². The minimum Gasteiger partial charge on any atom is -0.492 e. The van der Waals surface area contributed by atoms with Gasteiger partial charge in [-0.05, 0) is 62.3 Å². The summed E-state index contributed by atoms with van der Waals surface area (Å²) in [7, 11) is 0. The molecule has 1 aliphatic rings. The predicted molar refractivity (Wildman–Crippen MR) is 123 cm³/mol. The van der Waals surface area contributed by atoms with E-state index >= 15 is 0 Å². The zero-order valence-corrected chi connectivity index (χ0v) is 18.2. The predicted octanol–water partition coefficient (Wildman–Crippen LogP) is 6.06. The number of anilines is 2. The fourth-order valence-corrected chi connectivity index (χ4v) is 4.04. The van der Waals surface area contributed by atoms with Gasteiger partial charge in [0.15, 0.2) is 0 Å². The molecular formula is C23H24Cl2N4O. The van der Waals surface area contributed by atoms with Crippen molar-refractivity contribution in [2.75, 3.05) is 31.6 Å².